The Hall–Kier alpha value is -2.56. The van der Waals surface area contributed by atoms with E-state index in [2.05, 4.69) is 43.4 Å². The number of hydrazone groups is 1. The number of halogens is 2. The number of aryl methyl sites for hydroxylation is 1. The first kappa shape index (κ1) is 23.1. The van der Waals surface area contributed by atoms with Crippen molar-refractivity contribution in [2.24, 2.45) is 5.10 Å². The second kappa shape index (κ2) is 9.29. The molecule has 0 saturated heterocycles. The van der Waals surface area contributed by atoms with E-state index in [9.17, 15) is 4.79 Å². The molecule has 0 atom stereocenters. The normalized spacial score (nSPS) is 11.8. The highest BCUT2D eigenvalue weighted by molar-refractivity contribution is 6.35. The molecular formula is C25H27Cl2N3O. The van der Waals surface area contributed by atoms with Crippen molar-refractivity contribution in [3.8, 4) is 5.69 Å². The number of rotatable bonds is 5. The predicted molar refractivity (Wildman–Crippen MR) is 130 cm³/mol. The summed E-state index contributed by atoms with van der Waals surface area (Å²) in [4.78, 5) is 12.3. The zero-order valence-corrected chi connectivity index (χ0v) is 20.0. The number of benzene rings is 2. The van der Waals surface area contributed by atoms with Crippen molar-refractivity contribution in [3.05, 3.63) is 86.7 Å². The van der Waals surface area contributed by atoms with Crippen LogP contribution in [0.1, 0.15) is 48.8 Å². The zero-order chi connectivity index (χ0) is 22.8. The third-order valence-electron chi connectivity index (χ3n) is 5.20. The Bertz CT molecular complexity index is 1120. The molecule has 0 saturated carbocycles. The van der Waals surface area contributed by atoms with Gasteiger partial charge in [0, 0.05) is 22.0 Å². The summed E-state index contributed by atoms with van der Waals surface area (Å²) in [6.45, 7) is 10.5. The fourth-order valence-corrected chi connectivity index (χ4v) is 3.97. The van der Waals surface area contributed by atoms with E-state index in [-0.39, 0.29) is 17.7 Å². The Morgan fingerprint density at radius 1 is 1.06 bits per heavy atom. The molecule has 0 fully saturated rings. The minimum absolute atomic E-state index is 0.0910. The van der Waals surface area contributed by atoms with Crippen LogP contribution in [0.4, 0.5) is 0 Å². The number of aromatic nitrogens is 1. The topological polar surface area (TPSA) is 46.4 Å². The average molecular weight is 456 g/mol. The smallest absolute Gasteiger partial charge is 0.244 e. The number of hydrogen-bond donors (Lipinski definition) is 1. The number of amides is 1. The Morgan fingerprint density at radius 3 is 2.35 bits per heavy atom. The fourth-order valence-electron chi connectivity index (χ4n) is 3.47. The van der Waals surface area contributed by atoms with Crippen LogP contribution in [-0.2, 0) is 16.6 Å². The van der Waals surface area contributed by atoms with Gasteiger partial charge in [-0.25, -0.2) is 5.43 Å². The standard InChI is InChI=1S/C25H27Cl2N3O/c1-16-12-19(17(2)30(16)23-11-10-21(26)14-22(23)27)15-28-29-24(31)13-18-6-8-20(9-7-18)25(3,4)5/h6-12,14-15H,13H2,1-5H3,(H,29,31)/b28-15-. The van der Waals surface area contributed by atoms with Crippen molar-refractivity contribution in [2.75, 3.05) is 0 Å². The van der Waals surface area contributed by atoms with Crippen LogP contribution in [-0.4, -0.2) is 16.7 Å². The average Bonchev–Trinajstić information content (AvgIpc) is 2.95. The van der Waals surface area contributed by atoms with Crippen LogP contribution >= 0.6 is 23.2 Å². The lowest BCUT2D eigenvalue weighted by molar-refractivity contribution is -0.120. The first-order valence-corrected chi connectivity index (χ1v) is 10.9. The molecule has 162 valence electrons. The van der Waals surface area contributed by atoms with Gasteiger partial charge in [0.15, 0.2) is 0 Å². The van der Waals surface area contributed by atoms with Gasteiger partial charge in [0.1, 0.15) is 0 Å². The molecule has 0 bridgehead atoms. The molecule has 4 nitrogen and oxygen atoms in total. The zero-order valence-electron chi connectivity index (χ0n) is 18.5. The van der Waals surface area contributed by atoms with E-state index < -0.39 is 0 Å². The van der Waals surface area contributed by atoms with E-state index in [1.165, 1.54) is 5.56 Å². The highest BCUT2D eigenvalue weighted by atomic mass is 35.5. The van der Waals surface area contributed by atoms with Gasteiger partial charge < -0.3 is 4.57 Å². The van der Waals surface area contributed by atoms with Crippen molar-refractivity contribution < 1.29 is 4.79 Å². The summed E-state index contributed by atoms with van der Waals surface area (Å²) in [6.07, 6.45) is 1.93. The van der Waals surface area contributed by atoms with Gasteiger partial charge >= 0.3 is 0 Å². The van der Waals surface area contributed by atoms with Gasteiger partial charge in [-0.2, -0.15) is 5.10 Å². The number of carbonyl (C=O) groups is 1. The van der Waals surface area contributed by atoms with Crippen LogP contribution in [0.25, 0.3) is 5.69 Å². The Morgan fingerprint density at radius 2 is 1.74 bits per heavy atom. The van der Waals surface area contributed by atoms with Gasteiger partial charge in [-0.15, -0.1) is 0 Å². The van der Waals surface area contributed by atoms with Gasteiger partial charge in [-0.1, -0.05) is 68.2 Å². The van der Waals surface area contributed by atoms with Gasteiger partial charge in [0.05, 0.1) is 23.3 Å². The molecular weight excluding hydrogens is 429 g/mol. The lowest BCUT2D eigenvalue weighted by atomic mass is 9.86. The maximum atomic E-state index is 12.3. The molecule has 3 aromatic rings. The van der Waals surface area contributed by atoms with Crippen molar-refractivity contribution in [2.45, 2.75) is 46.5 Å². The molecule has 1 aromatic heterocycles. The van der Waals surface area contributed by atoms with Gasteiger partial charge in [0.2, 0.25) is 5.91 Å². The first-order valence-electron chi connectivity index (χ1n) is 10.1. The summed E-state index contributed by atoms with van der Waals surface area (Å²) in [5.41, 5.74) is 8.63. The van der Waals surface area contributed by atoms with Crippen molar-refractivity contribution in [1.82, 2.24) is 9.99 Å². The van der Waals surface area contributed by atoms with Crippen molar-refractivity contribution in [3.63, 3.8) is 0 Å². The second-order valence-electron chi connectivity index (χ2n) is 8.67. The maximum Gasteiger partial charge on any atom is 0.244 e. The Balaban J connectivity index is 1.68. The minimum atomic E-state index is -0.158. The van der Waals surface area contributed by atoms with E-state index >= 15 is 0 Å². The monoisotopic (exact) mass is 455 g/mol. The molecule has 1 heterocycles. The molecule has 3 rings (SSSR count). The lowest BCUT2D eigenvalue weighted by Gasteiger charge is -2.19. The Labute approximate surface area is 193 Å². The van der Waals surface area contributed by atoms with Crippen molar-refractivity contribution >= 4 is 35.3 Å². The lowest BCUT2D eigenvalue weighted by Crippen LogP contribution is -2.20. The van der Waals surface area contributed by atoms with Crippen LogP contribution in [0.5, 0.6) is 0 Å². The fraction of sp³-hybridized carbons (Fsp3) is 0.280. The molecule has 2 aromatic carbocycles. The van der Waals surface area contributed by atoms with E-state index in [4.69, 9.17) is 23.2 Å². The molecule has 0 aliphatic heterocycles. The number of carbonyl (C=O) groups excluding carboxylic acids is 1. The third kappa shape index (κ3) is 5.57. The van der Waals surface area contributed by atoms with Gasteiger partial charge in [-0.05, 0) is 54.7 Å². The third-order valence-corrected chi connectivity index (χ3v) is 5.74. The van der Waals surface area contributed by atoms with E-state index in [0.717, 1.165) is 28.2 Å². The maximum absolute atomic E-state index is 12.3. The number of nitrogens with zero attached hydrogens (tertiary/aromatic N) is 2. The summed E-state index contributed by atoms with van der Waals surface area (Å²) in [5.74, 6) is -0.158. The molecule has 1 N–H and O–H groups in total. The van der Waals surface area contributed by atoms with Crippen LogP contribution in [0.2, 0.25) is 10.0 Å². The SMILES string of the molecule is Cc1cc(/C=N\NC(=O)Cc2ccc(C(C)(C)C)cc2)c(C)n1-c1ccc(Cl)cc1Cl. The van der Waals surface area contributed by atoms with E-state index in [0.29, 0.717) is 10.0 Å². The summed E-state index contributed by atoms with van der Waals surface area (Å²) >= 11 is 12.4. The van der Waals surface area contributed by atoms with Gasteiger partial charge in [-0.3, -0.25) is 4.79 Å². The van der Waals surface area contributed by atoms with Crippen LogP contribution in [0, 0.1) is 13.8 Å². The van der Waals surface area contributed by atoms with Crippen LogP contribution in [0.15, 0.2) is 53.6 Å². The summed E-state index contributed by atoms with van der Waals surface area (Å²) in [5, 5.41) is 5.31. The highest BCUT2D eigenvalue weighted by Gasteiger charge is 2.14. The molecule has 6 heteroatoms. The molecule has 0 aliphatic carbocycles. The van der Waals surface area contributed by atoms with E-state index in [1.807, 2.05) is 48.7 Å². The quantitative estimate of drug-likeness (QED) is 0.351. The summed E-state index contributed by atoms with van der Waals surface area (Å²) < 4.78 is 2.04. The van der Waals surface area contributed by atoms with Crippen LogP contribution in [0.3, 0.4) is 0 Å². The summed E-state index contributed by atoms with van der Waals surface area (Å²) in [7, 11) is 0. The second-order valence-corrected chi connectivity index (χ2v) is 9.52. The minimum Gasteiger partial charge on any atom is -0.316 e. The largest absolute Gasteiger partial charge is 0.316 e. The first-order chi connectivity index (χ1) is 14.6. The highest BCUT2D eigenvalue weighted by Crippen LogP contribution is 2.28. The van der Waals surface area contributed by atoms with Crippen molar-refractivity contribution in [1.29, 1.82) is 0 Å². The molecule has 0 radical (unpaired) electrons. The number of hydrogen-bond acceptors (Lipinski definition) is 2. The molecule has 31 heavy (non-hydrogen) atoms. The summed E-state index contributed by atoms with van der Waals surface area (Å²) in [6, 6.07) is 15.6. The Kier molecular flexibility index (Phi) is 6.93. The molecule has 1 amide bonds. The number of nitrogens with one attached hydrogen (secondary N) is 1. The van der Waals surface area contributed by atoms with Crippen LogP contribution < -0.4 is 5.43 Å². The van der Waals surface area contributed by atoms with E-state index in [1.54, 1.807) is 12.3 Å². The van der Waals surface area contributed by atoms with Gasteiger partial charge in [0.25, 0.3) is 0 Å². The molecule has 0 unspecified atom stereocenters. The molecule has 0 aliphatic rings. The predicted octanol–water partition coefficient (Wildman–Crippen LogP) is 6.39. The molecule has 0 spiro atoms.